The predicted octanol–water partition coefficient (Wildman–Crippen LogP) is 3.70. The molecule has 14 heavy (non-hydrogen) atoms. The van der Waals surface area contributed by atoms with E-state index >= 15 is 0 Å². The number of halogens is 1. The number of rotatable bonds is 1. The number of nitro groups is 1. The van der Waals surface area contributed by atoms with Gasteiger partial charge >= 0.3 is 0 Å². The number of fused-ring (bicyclic) bond motifs is 1. The first-order valence-electron chi connectivity index (χ1n) is 3.64. The van der Waals surface area contributed by atoms with Crippen LogP contribution in [0.2, 0.25) is 0 Å². The van der Waals surface area contributed by atoms with Crippen molar-refractivity contribution < 1.29 is 4.92 Å². The number of nitrogens with zero attached hydrogens (tertiary/aromatic N) is 1. The highest BCUT2D eigenvalue weighted by Crippen LogP contribution is 2.38. The molecule has 0 amide bonds. The van der Waals surface area contributed by atoms with Gasteiger partial charge in [-0.2, -0.15) is 0 Å². The third kappa shape index (κ3) is 1.51. The Bertz CT molecular complexity index is 523. The van der Waals surface area contributed by atoms with E-state index in [2.05, 4.69) is 35.2 Å². The molecule has 0 radical (unpaired) electrons. The summed E-state index contributed by atoms with van der Waals surface area (Å²) in [5, 5.41) is 12.9. The van der Waals surface area contributed by atoms with E-state index in [4.69, 9.17) is 0 Å². The molecule has 0 bridgehead atoms. The monoisotopic (exact) mass is 337 g/mol. The van der Waals surface area contributed by atoms with Gasteiger partial charge in [-0.05, 0) is 34.7 Å². The van der Waals surface area contributed by atoms with Crippen molar-refractivity contribution in [3.05, 3.63) is 31.2 Å². The topological polar surface area (TPSA) is 43.1 Å². The second kappa shape index (κ2) is 3.67. The van der Waals surface area contributed by atoms with Crippen LogP contribution in [-0.4, -0.2) is 4.92 Å². The SMILES string of the molecule is O=[N+]([O-])c1csc2ccc(I)c(S)c12. The molecule has 0 N–H and O–H groups in total. The van der Waals surface area contributed by atoms with Crippen LogP contribution in [0.1, 0.15) is 0 Å². The molecule has 0 aliphatic rings. The van der Waals surface area contributed by atoms with E-state index in [1.165, 1.54) is 11.3 Å². The number of thiophene rings is 1. The van der Waals surface area contributed by atoms with E-state index in [9.17, 15) is 10.1 Å². The minimum atomic E-state index is -0.366. The predicted molar refractivity (Wildman–Crippen MR) is 68.4 cm³/mol. The van der Waals surface area contributed by atoms with Crippen LogP contribution in [0.5, 0.6) is 0 Å². The zero-order chi connectivity index (χ0) is 10.3. The molecular weight excluding hydrogens is 333 g/mol. The molecule has 0 fully saturated rings. The molecule has 0 aliphatic heterocycles. The van der Waals surface area contributed by atoms with Gasteiger partial charge in [0.15, 0.2) is 0 Å². The van der Waals surface area contributed by atoms with Gasteiger partial charge in [-0.15, -0.1) is 24.0 Å². The van der Waals surface area contributed by atoms with Crippen LogP contribution in [0.25, 0.3) is 10.1 Å². The normalized spacial score (nSPS) is 10.7. The lowest BCUT2D eigenvalue weighted by molar-refractivity contribution is -0.382. The Morgan fingerprint density at radius 3 is 2.86 bits per heavy atom. The highest BCUT2D eigenvalue weighted by Gasteiger charge is 2.17. The second-order valence-electron chi connectivity index (χ2n) is 2.65. The van der Waals surface area contributed by atoms with Crippen LogP contribution in [0.4, 0.5) is 5.69 Å². The lowest BCUT2D eigenvalue weighted by Gasteiger charge is -1.97. The molecule has 2 aromatic rings. The van der Waals surface area contributed by atoms with E-state index in [0.29, 0.717) is 10.3 Å². The van der Waals surface area contributed by atoms with Crippen molar-refractivity contribution >= 4 is 62.3 Å². The third-order valence-electron chi connectivity index (χ3n) is 1.84. The summed E-state index contributed by atoms with van der Waals surface area (Å²) in [6, 6.07) is 3.79. The smallest absolute Gasteiger partial charge is 0.258 e. The molecule has 0 spiro atoms. The first kappa shape index (κ1) is 10.2. The van der Waals surface area contributed by atoms with Crippen LogP contribution >= 0.6 is 46.6 Å². The quantitative estimate of drug-likeness (QED) is 0.373. The van der Waals surface area contributed by atoms with Crippen LogP contribution in [0.15, 0.2) is 22.4 Å². The molecule has 1 aromatic carbocycles. The maximum absolute atomic E-state index is 10.7. The number of benzene rings is 1. The van der Waals surface area contributed by atoms with E-state index in [0.717, 1.165) is 8.27 Å². The standard InChI is InChI=1S/C8H4INO2S2/c9-4-1-2-6-7(8(4)13)5(3-14-6)10(11)12/h1-3,13H. The molecule has 72 valence electrons. The molecule has 0 unspecified atom stereocenters. The average molecular weight is 337 g/mol. The van der Waals surface area contributed by atoms with Crippen molar-refractivity contribution in [2.75, 3.05) is 0 Å². The van der Waals surface area contributed by atoms with Gasteiger partial charge in [-0.25, -0.2) is 0 Å². The Balaban J connectivity index is 2.89. The molecule has 0 saturated carbocycles. The van der Waals surface area contributed by atoms with Gasteiger partial charge in [0.2, 0.25) is 0 Å². The largest absolute Gasteiger partial charge is 0.288 e. The molecular formula is C8H4INO2S2. The van der Waals surface area contributed by atoms with Gasteiger partial charge < -0.3 is 0 Å². The summed E-state index contributed by atoms with van der Waals surface area (Å²) < 4.78 is 1.84. The zero-order valence-electron chi connectivity index (χ0n) is 6.73. The van der Waals surface area contributed by atoms with Crippen LogP contribution in [0, 0.1) is 13.7 Å². The third-order valence-corrected chi connectivity index (χ3v) is 4.57. The van der Waals surface area contributed by atoms with Crippen molar-refractivity contribution in [1.82, 2.24) is 0 Å². The maximum Gasteiger partial charge on any atom is 0.288 e. The number of hydrogen-bond acceptors (Lipinski definition) is 4. The van der Waals surface area contributed by atoms with Gasteiger partial charge in [-0.3, -0.25) is 10.1 Å². The molecule has 0 saturated heterocycles. The summed E-state index contributed by atoms with van der Waals surface area (Å²) in [6.45, 7) is 0. The molecule has 2 rings (SSSR count). The maximum atomic E-state index is 10.7. The molecule has 1 heterocycles. The average Bonchev–Trinajstić information content (AvgIpc) is 2.55. The lowest BCUT2D eigenvalue weighted by atomic mass is 10.2. The number of thiol groups is 1. The molecule has 0 aliphatic carbocycles. The molecule has 3 nitrogen and oxygen atoms in total. The van der Waals surface area contributed by atoms with E-state index in [1.54, 1.807) is 5.38 Å². The second-order valence-corrected chi connectivity index (χ2v) is 5.17. The number of hydrogen-bond donors (Lipinski definition) is 1. The lowest BCUT2D eigenvalue weighted by Crippen LogP contribution is -1.86. The Morgan fingerprint density at radius 1 is 1.50 bits per heavy atom. The minimum Gasteiger partial charge on any atom is -0.258 e. The first-order chi connectivity index (χ1) is 6.61. The molecule has 1 aromatic heterocycles. The Kier molecular flexibility index (Phi) is 2.67. The molecule has 6 heteroatoms. The van der Waals surface area contributed by atoms with Crippen molar-refractivity contribution in [3.63, 3.8) is 0 Å². The fourth-order valence-electron chi connectivity index (χ4n) is 1.21. The van der Waals surface area contributed by atoms with Gasteiger partial charge in [0, 0.05) is 13.2 Å². The Morgan fingerprint density at radius 2 is 2.21 bits per heavy atom. The van der Waals surface area contributed by atoms with Crippen LogP contribution in [-0.2, 0) is 0 Å². The first-order valence-corrected chi connectivity index (χ1v) is 6.05. The van der Waals surface area contributed by atoms with Gasteiger partial charge in [-0.1, -0.05) is 0 Å². The van der Waals surface area contributed by atoms with Gasteiger partial charge in [0.25, 0.3) is 5.69 Å². The van der Waals surface area contributed by atoms with Crippen molar-refractivity contribution in [3.8, 4) is 0 Å². The minimum absolute atomic E-state index is 0.147. The summed E-state index contributed by atoms with van der Waals surface area (Å²) >= 11 is 7.78. The van der Waals surface area contributed by atoms with Crippen molar-refractivity contribution in [2.45, 2.75) is 4.90 Å². The van der Waals surface area contributed by atoms with E-state index < -0.39 is 0 Å². The highest BCUT2D eigenvalue weighted by atomic mass is 127. The summed E-state index contributed by atoms with van der Waals surface area (Å²) in [6.07, 6.45) is 0. The van der Waals surface area contributed by atoms with Crippen molar-refractivity contribution in [2.24, 2.45) is 0 Å². The fraction of sp³-hybridized carbons (Fsp3) is 0. The van der Waals surface area contributed by atoms with Crippen molar-refractivity contribution in [1.29, 1.82) is 0 Å². The Labute approximate surface area is 103 Å². The molecule has 0 atom stereocenters. The fourth-order valence-corrected chi connectivity index (χ4v) is 2.95. The summed E-state index contributed by atoms with van der Waals surface area (Å²) in [5.74, 6) is 0. The van der Waals surface area contributed by atoms with Crippen LogP contribution < -0.4 is 0 Å². The van der Waals surface area contributed by atoms with Gasteiger partial charge in [0.1, 0.15) is 0 Å². The summed E-state index contributed by atoms with van der Waals surface area (Å²) in [5.41, 5.74) is 0.147. The highest BCUT2D eigenvalue weighted by molar-refractivity contribution is 14.1. The van der Waals surface area contributed by atoms with E-state index in [-0.39, 0.29) is 10.6 Å². The van der Waals surface area contributed by atoms with Crippen LogP contribution in [0.3, 0.4) is 0 Å². The summed E-state index contributed by atoms with van der Waals surface area (Å²) in [7, 11) is 0. The van der Waals surface area contributed by atoms with Gasteiger partial charge in [0.05, 0.1) is 15.7 Å². The van der Waals surface area contributed by atoms with E-state index in [1.807, 2.05) is 12.1 Å². The summed E-state index contributed by atoms with van der Waals surface area (Å²) in [4.78, 5) is 11.0. The Hall–Kier alpha value is -0.340. The zero-order valence-corrected chi connectivity index (χ0v) is 10.6.